The van der Waals surface area contributed by atoms with E-state index in [0.717, 1.165) is 29.0 Å². The summed E-state index contributed by atoms with van der Waals surface area (Å²) < 4.78 is 5.96. The van der Waals surface area contributed by atoms with Crippen molar-refractivity contribution >= 4 is 5.91 Å². The standard InChI is InChI=1S/C17H21N3O2/c1-3-15(22-16-7-5-4-6-12(16)2)17(21)20-9-8-14-13(11-20)10-18-19-14/h4-7,10,15H,3,8-9,11H2,1-2H3,(H,18,19)/t15-/m1/s1. The van der Waals surface area contributed by atoms with Gasteiger partial charge < -0.3 is 9.64 Å². The lowest BCUT2D eigenvalue weighted by Crippen LogP contribution is -2.44. The fraction of sp³-hybridized carbons (Fsp3) is 0.412. The summed E-state index contributed by atoms with van der Waals surface area (Å²) in [6, 6.07) is 7.80. The molecule has 0 radical (unpaired) electrons. The summed E-state index contributed by atoms with van der Waals surface area (Å²) in [6.45, 7) is 5.29. The topological polar surface area (TPSA) is 58.2 Å². The first-order chi connectivity index (χ1) is 10.7. The van der Waals surface area contributed by atoms with Crippen LogP contribution in [0, 0.1) is 6.92 Å². The highest BCUT2D eigenvalue weighted by Gasteiger charge is 2.28. The number of nitrogens with one attached hydrogen (secondary N) is 1. The molecule has 0 fully saturated rings. The molecule has 0 spiro atoms. The summed E-state index contributed by atoms with van der Waals surface area (Å²) in [5, 5.41) is 7.04. The van der Waals surface area contributed by atoms with Gasteiger partial charge in [0.2, 0.25) is 0 Å². The van der Waals surface area contributed by atoms with E-state index in [9.17, 15) is 4.79 Å². The maximum Gasteiger partial charge on any atom is 0.263 e. The van der Waals surface area contributed by atoms with Crippen LogP contribution < -0.4 is 4.74 Å². The Bertz CT molecular complexity index is 665. The van der Waals surface area contributed by atoms with Crippen LogP contribution in [0.4, 0.5) is 0 Å². The number of aromatic nitrogens is 2. The molecule has 1 atom stereocenters. The van der Waals surface area contributed by atoms with Crippen molar-refractivity contribution in [1.29, 1.82) is 0 Å². The number of carbonyl (C=O) groups is 1. The van der Waals surface area contributed by atoms with Crippen LogP contribution in [0.25, 0.3) is 0 Å². The molecule has 1 aromatic heterocycles. The monoisotopic (exact) mass is 299 g/mol. The second-order valence-electron chi connectivity index (χ2n) is 5.66. The molecular weight excluding hydrogens is 278 g/mol. The summed E-state index contributed by atoms with van der Waals surface area (Å²) in [4.78, 5) is 14.6. The molecule has 5 nitrogen and oxygen atoms in total. The van der Waals surface area contributed by atoms with Crippen LogP contribution in [0.5, 0.6) is 5.75 Å². The van der Waals surface area contributed by atoms with E-state index < -0.39 is 6.10 Å². The van der Waals surface area contributed by atoms with Crippen molar-refractivity contribution in [2.24, 2.45) is 0 Å². The van der Waals surface area contributed by atoms with Gasteiger partial charge in [-0.2, -0.15) is 5.10 Å². The Morgan fingerprint density at radius 2 is 2.27 bits per heavy atom. The van der Waals surface area contributed by atoms with Crippen LogP contribution in [-0.4, -0.2) is 33.7 Å². The van der Waals surface area contributed by atoms with Gasteiger partial charge >= 0.3 is 0 Å². The Kier molecular flexibility index (Phi) is 4.13. The van der Waals surface area contributed by atoms with Crippen LogP contribution in [0.1, 0.15) is 30.2 Å². The summed E-state index contributed by atoms with van der Waals surface area (Å²) >= 11 is 0. The predicted octanol–water partition coefficient (Wildman–Crippen LogP) is 2.46. The molecule has 5 heteroatoms. The van der Waals surface area contributed by atoms with Gasteiger partial charge in [0.1, 0.15) is 5.75 Å². The predicted molar refractivity (Wildman–Crippen MR) is 83.6 cm³/mol. The number of para-hydroxylation sites is 1. The Hall–Kier alpha value is -2.30. The van der Waals surface area contributed by atoms with Crippen LogP contribution in [0.3, 0.4) is 0 Å². The van der Waals surface area contributed by atoms with Gasteiger partial charge in [0.15, 0.2) is 6.10 Å². The number of carbonyl (C=O) groups excluding carboxylic acids is 1. The molecule has 0 aliphatic carbocycles. The lowest BCUT2D eigenvalue weighted by atomic mass is 10.1. The van der Waals surface area contributed by atoms with Gasteiger partial charge in [-0.25, -0.2) is 0 Å². The van der Waals surface area contributed by atoms with E-state index in [-0.39, 0.29) is 5.91 Å². The zero-order valence-electron chi connectivity index (χ0n) is 13.0. The number of benzene rings is 1. The first-order valence-electron chi connectivity index (χ1n) is 7.71. The molecule has 0 saturated carbocycles. The summed E-state index contributed by atoms with van der Waals surface area (Å²) in [5.74, 6) is 0.835. The van der Waals surface area contributed by atoms with Gasteiger partial charge in [-0.1, -0.05) is 25.1 Å². The molecule has 116 valence electrons. The Balaban J connectivity index is 1.71. The van der Waals surface area contributed by atoms with E-state index in [0.29, 0.717) is 19.5 Å². The highest BCUT2D eigenvalue weighted by molar-refractivity contribution is 5.81. The highest BCUT2D eigenvalue weighted by atomic mass is 16.5. The largest absolute Gasteiger partial charge is 0.480 e. The number of amides is 1. The Morgan fingerprint density at radius 3 is 3.05 bits per heavy atom. The average Bonchev–Trinajstić information content (AvgIpc) is 3.01. The molecular formula is C17H21N3O2. The first kappa shape index (κ1) is 14.6. The molecule has 1 aliphatic rings. The fourth-order valence-electron chi connectivity index (χ4n) is 2.76. The van der Waals surface area contributed by atoms with Gasteiger partial charge in [0, 0.05) is 30.8 Å². The molecule has 1 aliphatic heterocycles. The van der Waals surface area contributed by atoms with E-state index in [1.165, 1.54) is 0 Å². The molecule has 1 aromatic carbocycles. The van der Waals surface area contributed by atoms with Crippen molar-refractivity contribution < 1.29 is 9.53 Å². The van der Waals surface area contributed by atoms with Gasteiger partial charge in [-0.15, -0.1) is 0 Å². The van der Waals surface area contributed by atoms with Crippen molar-refractivity contribution in [1.82, 2.24) is 15.1 Å². The summed E-state index contributed by atoms with van der Waals surface area (Å²) in [7, 11) is 0. The first-order valence-corrected chi connectivity index (χ1v) is 7.71. The lowest BCUT2D eigenvalue weighted by molar-refractivity contribution is -0.139. The number of hydrogen-bond donors (Lipinski definition) is 1. The number of aryl methyl sites for hydroxylation is 1. The minimum absolute atomic E-state index is 0.0533. The Morgan fingerprint density at radius 1 is 1.45 bits per heavy atom. The van der Waals surface area contributed by atoms with Gasteiger partial charge in [-0.05, 0) is 25.0 Å². The molecule has 0 saturated heterocycles. The van der Waals surface area contributed by atoms with Crippen LogP contribution >= 0.6 is 0 Å². The van der Waals surface area contributed by atoms with Crippen molar-refractivity contribution in [3.63, 3.8) is 0 Å². The van der Waals surface area contributed by atoms with Crippen molar-refractivity contribution in [3.8, 4) is 5.75 Å². The van der Waals surface area contributed by atoms with Crippen LogP contribution in [-0.2, 0) is 17.8 Å². The van der Waals surface area contributed by atoms with Crippen molar-refractivity contribution in [3.05, 3.63) is 47.3 Å². The van der Waals surface area contributed by atoms with Crippen molar-refractivity contribution in [2.45, 2.75) is 39.3 Å². The lowest BCUT2D eigenvalue weighted by Gasteiger charge is -2.30. The molecule has 1 N–H and O–H groups in total. The summed E-state index contributed by atoms with van der Waals surface area (Å²) in [5.41, 5.74) is 3.28. The minimum atomic E-state index is -0.436. The molecule has 2 aromatic rings. The van der Waals surface area contributed by atoms with Gasteiger partial charge in [0.25, 0.3) is 5.91 Å². The second kappa shape index (κ2) is 6.22. The quantitative estimate of drug-likeness (QED) is 0.943. The number of hydrogen-bond acceptors (Lipinski definition) is 3. The van der Waals surface area contributed by atoms with E-state index >= 15 is 0 Å². The zero-order valence-corrected chi connectivity index (χ0v) is 13.0. The zero-order chi connectivity index (χ0) is 15.5. The average molecular weight is 299 g/mol. The molecule has 1 amide bonds. The van der Waals surface area contributed by atoms with E-state index in [2.05, 4.69) is 10.2 Å². The van der Waals surface area contributed by atoms with E-state index in [1.54, 1.807) is 6.20 Å². The number of nitrogens with zero attached hydrogens (tertiary/aromatic N) is 2. The number of rotatable bonds is 4. The molecule has 22 heavy (non-hydrogen) atoms. The normalized spacial score (nSPS) is 15.3. The van der Waals surface area contributed by atoms with Gasteiger partial charge in [-0.3, -0.25) is 9.89 Å². The highest BCUT2D eigenvalue weighted by Crippen LogP contribution is 2.22. The molecule has 2 heterocycles. The molecule has 0 unspecified atom stereocenters. The smallest absolute Gasteiger partial charge is 0.263 e. The minimum Gasteiger partial charge on any atom is -0.480 e. The van der Waals surface area contributed by atoms with E-state index in [4.69, 9.17) is 4.74 Å². The van der Waals surface area contributed by atoms with Crippen molar-refractivity contribution in [2.75, 3.05) is 6.54 Å². The number of aromatic amines is 1. The third-order valence-electron chi connectivity index (χ3n) is 4.12. The summed E-state index contributed by atoms with van der Waals surface area (Å²) in [6.07, 6.45) is 2.84. The maximum atomic E-state index is 12.7. The van der Waals surface area contributed by atoms with Crippen LogP contribution in [0.2, 0.25) is 0 Å². The SMILES string of the molecule is CC[C@@H](Oc1ccccc1C)C(=O)N1CCc2[nH]ncc2C1. The van der Waals surface area contributed by atoms with Crippen LogP contribution in [0.15, 0.2) is 30.5 Å². The fourth-order valence-corrected chi connectivity index (χ4v) is 2.76. The maximum absolute atomic E-state index is 12.7. The third kappa shape index (κ3) is 2.84. The molecule has 0 bridgehead atoms. The number of fused-ring (bicyclic) bond motifs is 1. The number of H-pyrrole nitrogens is 1. The van der Waals surface area contributed by atoms with E-state index in [1.807, 2.05) is 43.0 Å². The second-order valence-corrected chi connectivity index (χ2v) is 5.66. The Labute approximate surface area is 130 Å². The number of ether oxygens (including phenoxy) is 1. The third-order valence-corrected chi connectivity index (χ3v) is 4.12. The molecule has 3 rings (SSSR count). The van der Waals surface area contributed by atoms with Gasteiger partial charge in [0.05, 0.1) is 6.20 Å².